The summed E-state index contributed by atoms with van der Waals surface area (Å²) in [5.41, 5.74) is 0.988. The van der Waals surface area contributed by atoms with Crippen LogP contribution in [-0.2, 0) is 21.4 Å². The van der Waals surface area contributed by atoms with Gasteiger partial charge in [-0.25, -0.2) is 12.7 Å². The zero-order valence-corrected chi connectivity index (χ0v) is 17.9. The van der Waals surface area contributed by atoms with Crippen LogP contribution in [0.2, 0.25) is 0 Å². The lowest BCUT2D eigenvalue weighted by Crippen LogP contribution is -2.58. The topological polar surface area (TPSA) is 73.8 Å². The lowest BCUT2D eigenvalue weighted by Gasteiger charge is -2.47. The Labute approximate surface area is 173 Å². The lowest BCUT2D eigenvalue weighted by atomic mass is 9.75. The van der Waals surface area contributed by atoms with E-state index in [4.69, 9.17) is 0 Å². The second-order valence-corrected chi connectivity index (χ2v) is 11.3. The van der Waals surface area contributed by atoms with E-state index in [1.807, 2.05) is 12.3 Å². The Morgan fingerprint density at radius 1 is 1.21 bits per heavy atom. The first-order chi connectivity index (χ1) is 14.0. The van der Waals surface area contributed by atoms with E-state index >= 15 is 0 Å². The molecule has 0 unspecified atom stereocenters. The van der Waals surface area contributed by atoms with Crippen LogP contribution in [0.4, 0.5) is 0 Å². The Morgan fingerprint density at radius 3 is 2.59 bits per heavy atom. The summed E-state index contributed by atoms with van der Waals surface area (Å²) < 4.78 is 27.1. The third-order valence-electron chi connectivity index (χ3n) is 7.55. The molecular formula is C21H30N4O3S. The quantitative estimate of drug-likeness (QED) is 0.721. The fraction of sp³-hybridized carbons (Fsp3) is 0.714. The van der Waals surface area contributed by atoms with Gasteiger partial charge in [0.25, 0.3) is 0 Å². The van der Waals surface area contributed by atoms with Crippen molar-refractivity contribution in [1.29, 1.82) is 0 Å². The van der Waals surface area contributed by atoms with Crippen molar-refractivity contribution in [2.24, 2.45) is 11.8 Å². The summed E-state index contributed by atoms with van der Waals surface area (Å²) in [5.74, 6) is 0.597. The van der Waals surface area contributed by atoms with Crippen molar-refractivity contribution in [3.63, 3.8) is 0 Å². The van der Waals surface area contributed by atoms with Gasteiger partial charge in [0, 0.05) is 57.6 Å². The molecule has 0 N–H and O–H groups in total. The van der Waals surface area contributed by atoms with Crippen LogP contribution in [0.5, 0.6) is 0 Å². The highest BCUT2D eigenvalue weighted by atomic mass is 32.2. The van der Waals surface area contributed by atoms with Crippen molar-refractivity contribution in [2.75, 3.05) is 32.7 Å². The molecule has 1 aromatic rings. The van der Waals surface area contributed by atoms with Crippen LogP contribution in [0.1, 0.15) is 38.2 Å². The van der Waals surface area contributed by atoms with Crippen LogP contribution in [0, 0.1) is 11.8 Å². The molecule has 29 heavy (non-hydrogen) atoms. The number of aromatic nitrogens is 1. The Morgan fingerprint density at radius 2 is 1.97 bits per heavy atom. The van der Waals surface area contributed by atoms with Crippen molar-refractivity contribution >= 4 is 15.9 Å². The molecule has 0 radical (unpaired) electrons. The Bertz CT molecular complexity index is 878. The summed E-state index contributed by atoms with van der Waals surface area (Å²) in [6.45, 7) is 6.38. The number of hydrogen-bond acceptors (Lipinski definition) is 5. The number of nitrogens with zero attached hydrogens (tertiary/aromatic N) is 4. The minimum atomic E-state index is -3.13. The first kappa shape index (κ1) is 19.5. The van der Waals surface area contributed by atoms with Gasteiger partial charge in [0.05, 0.1) is 16.7 Å². The Balaban J connectivity index is 1.34. The third kappa shape index (κ3) is 3.11. The minimum Gasteiger partial charge on any atom is -0.337 e. The average molecular weight is 419 g/mol. The summed E-state index contributed by atoms with van der Waals surface area (Å²) >= 11 is 0. The smallest absolute Gasteiger partial charge is 0.227 e. The highest BCUT2D eigenvalue weighted by molar-refractivity contribution is 7.90. The molecule has 1 amide bonds. The normalized spacial score (nSPS) is 30.2. The van der Waals surface area contributed by atoms with Gasteiger partial charge in [0.2, 0.25) is 15.9 Å². The van der Waals surface area contributed by atoms with Crippen LogP contribution in [0.3, 0.4) is 0 Å². The largest absolute Gasteiger partial charge is 0.337 e. The maximum absolute atomic E-state index is 13.2. The maximum Gasteiger partial charge on any atom is 0.227 e. The molecule has 1 aliphatic carbocycles. The first-order valence-electron chi connectivity index (χ1n) is 10.9. The van der Waals surface area contributed by atoms with Crippen LogP contribution in [0.15, 0.2) is 24.5 Å². The predicted molar refractivity (Wildman–Crippen MR) is 109 cm³/mol. The molecule has 3 aliphatic heterocycles. The van der Waals surface area contributed by atoms with Gasteiger partial charge in [-0.15, -0.1) is 0 Å². The molecule has 4 fully saturated rings. The molecular weight excluding hydrogens is 388 g/mol. The molecule has 4 aliphatic rings. The summed E-state index contributed by atoms with van der Waals surface area (Å²) in [6, 6.07) is 4.03. The second-order valence-electron chi connectivity index (χ2n) is 9.10. The van der Waals surface area contributed by atoms with E-state index in [-0.39, 0.29) is 28.5 Å². The van der Waals surface area contributed by atoms with Crippen molar-refractivity contribution in [3.05, 3.63) is 30.1 Å². The molecule has 0 bridgehead atoms. The Kier molecular flexibility index (Phi) is 4.71. The highest BCUT2D eigenvalue weighted by Crippen LogP contribution is 2.50. The number of carbonyl (C=O) groups excluding carboxylic acids is 1. The summed E-state index contributed by atoms with van der Waals surface area (Å²) in [5, 5.41) is -0.154. The van der Waals surface area contributed by atoms with Crippen molar-refractivity contribution < 1.29 is 13.2 Å². The van der Waals surface area contributed by atoms with Crippen molar-refractivity contribution in [1.82, 2.24) is 19.1 Å². The minimum absolute atomic E-state index is 0.0400. The number of sulfonamides is 1. The lowest BCUT2D eigenvalue weighted by molar-refractivity contribution is -0.135. The van der Waals surface area contributed by atoms with E-state index < -0.39 is 10.0 Å². The first-order valence-corrected chi connectivity index (χ1v) is 12.4. The number of rotatable bonds is 5. The number of fused-ring (bicyclic) bond motifs is 2. The van der Waals surface area contributed by atoms with E-state index in [9.17, 15) is 13.2 Å². The number of hydrogen-bond donors (Lipinski definition) is 0. The van der Waals surface area contributed by atoms with Gasteiger partial charge < -0.3 is 4.90 Å². The monoisotopic (exact) mass is 418 g/mol. The molecule has 8 heteroatoms. The maximum atomic E-state index is 13.2. The summed E-state index contributed by atoms with van der Waals surface area (Å²) in [6.07, 6.45) is 6.81. The van der Waals surface area contributed by atoms with E-state index in [0.717, 1.165) is 45.3 Å². The molecule has 1 spiro atoms. The SMILES string of the molecule is CCN1C(=O)[C@@H]2CN(Cc3cccnc3)C[C@@H]2C12CCN(S(=O)(=O)C1CC1)CC2. The van der Waals surface area contributed by atoms with Crippen molar-refractivity contribution in [2.45, 2.75) is 49.9 Å². The molecule has 2 atom stereocenters. The molecule has 4 heterocycles. The number of pyridine rings is 1. The van der Waals surface area contributed by atoms with Crippen LogP contribution < -0.4 is 0 Å². The van der Waals surface area contributed by atoms with Gasteiger partial charge in [0.1, 0.15) is 0 Å². The average Bonchev–Trinajstić information content (AvgIpc) is 3.47. The fourth-order valence-corrected chi connectivity index (χ4v) is 7.84. The molecule has 1 saturated carbocycles. The molecule has 0 aromatic carbocycles. The standard InChI is InChI=1S/C21H30N4O3S/c1-2-25-20(26)18-14-23(13-16-4-3-9-22-12-16)15-19(18)21(25)7-10-24(11-8-21)29(27,28)17-5-6-17/h3-4,9,12,17-19H,2,5-8,10-11,13-15H2,1H3/t18-,19+/m1/s1. The molecule has 158 valence electrons. The molecule has 1 aromatic heterocycles. The van der Waals surface area contributed by atoms with Gasteiger partial charge in [-0.1, -0.05) is 6.07 Å². The number of piperidine rings is 1. The van der Waals surface area contributed by atoms with Gasteiger partial charge >= 0.3 is 0 Å². The van der Waals surface area contributed by atoms with E-state index in [2.05, 4.69) is 27.8 Å². The molecule has 5 rings (SSSR count). The van der Waals surface area contributed by atoms with E-state index in [0.29, 0.717) is 19.6 Å². The number of carbonyl (C=O) groups is 1. The summed E-state index contributed by atoms with van der Waals surface area (Å²) in [4.78, 5) is 21.9. The Hall–Kier alpha value is -1.51. The second kappa shape index (κ2) is 7.03. The van der Waals surface area contributed by atoms with Gasteiger partial charge in [-0.2, -0.15) is 0 Å². The zero-order chi connectivity index (χ0) is 20.2. The number of amides is 1. The van der Waals surface area contributed by atoms with Crippen LogP contribution in [0.25, 0.3) is 0 Å². The summed E-state index contributed by atoms with van der Waals surface area (Å²) in [7, 11) is -3.13. The van der Waals surface area contributed by atoms with Gasteiger partial charge in [-0.05, 0) is 44.2 Å². The zero-order valence-electron chi connectivity index (χ0n) is 17.0. The van der Waals surface area contributed by atoms with Crippen LogP contribution >= 0.6 is 0 Å². The van der Waals surface area contributed by atoms with Crippen LogP contribution in [-0.4, -0.2) is 76.9 Å². The number of likely N-dealkylation sites (tertiary alicyclic amines) is 2. The molecule has 7 nitrogen and oxygen atoms in total. The van der Waals surface area contributed by atoms with Gasteiger partial charge in [-0.3, -0.25) is 14.7 Å². The van der Waals surface area contributed by atoms with E-state index in [1.54, 1.807) is 10.5 Å². The fourth-order valence-electron chi connectivity index (χ4n) is 5.99. The van der Waals surface area contributed by atoms with E-state index in [1.165, 1.54) is 5.56 Å². The van der Waals surface area contributed by atoms with Crippen molar-refractivity contribution in [3.8, 4) is 0 Å². The molecule has 3 saturated heterocycles. The van der Waals surface area contributed by atoms with Gasteiger partial charge in [0.15, 0.2) is 0 Å². The highest BCUT2D eigenvalue weighted by Gasteiger charge is 2.61. The predicted octanol–water partition coefficient (Wildman–Crippen LogP) is 1.32. The third-order valence-corrected chi connectivity index (χ3v) is 9.94.